The molecule has 13 aromatic rings. The molecule has 362 valence electrons. The first-order valence-corrected chi connectivity index (χ1v) is 28.1. The maximum Gasteiger partial charge on any atom is 0.269 e. The van der Waals surface area contributed by atoms with E-state index >= 15 is 0 Å². The number of para-hydroxylation sites is 3. The molecule has 0 atom stereocenters. The summed E-state index contributed by atoms with van der Waals surface area (Å²) >= 11 is 0. The zero-order chi connectivity index (χ0) is 51.0. The van der Waals surface area contributed by atoms with E-state index in [0.717, 1.165) is 72.8 Å². The van der Waals surface area contributed by atoms with Gasteiger partial charge in [-0.05, 0) is 114 Å². The van der Waals surface area contributed by atoms with Crippen molar-refractivity contribution in [2.75, 3.05) is 0 Å². The summed E-state index contributed by atoms with van der Waals surface area (Å²) in [6.07, 6.45) is 6.01. The predicted octanol–water partition coefficient (Wildman–Crippen LogP) is 14.0. The third-order valence-corrected chi connectivity index (χ3v) is 20.3. The van der Waals surface area contributed by atoms with Crippen LogP contribution in [-0.2, 0) is 5.41 Å². The Morgan fingerprint density at radius 3 is 1.64 bits per heavy atom. The first-order valence-electron chi connectivity index (χ1n) is 26.1. The van der Waals surface area contributed by atoms with Crippen LogP contribution in [0.4, 0.5) is 0 Å². The van der Waals surface area contributed by atoms with Crippen LogP contribution in [0, 0.1) is 6.33 Å². The van der Waals surface area contributed by atoms with Crippen molar-refractivity contribution in [2.24, 2.45) is 0 Å². The van der Waals surface area contributed by atoms with Gasteiger partial charge in [0.05, 0.1) is 33.4 Å². The second-order valence-electron chi connectivity index (χ2n) is 20.9. The molecule has 5 nitrogen and oxygen atoms in total. The largest absolute Gasteiger partial charge is 0.458 e. The molecule has 0 fully saturated rings. The van der Waals surface area contributed by atoms with Crippen LogP contribution in [0.3, 0.4) is 0 Å². The monoisotopic (exact) mass is 992 g/mol. The van der Waals surface area contributed by atoms with Crippen molar-refractivity contribution in [2.45, 2.75) is 26.2 Å². The second kappa shape index (κ2) is 17.9. The fourth-order valence-electron chi connectivity index (χ4n) is 12.1. The van der Waals surface area contributed by atoms with Gasteiger partial charge in [-0.1, -0.05) is 221 Å². The van der Waals surface area contributed by atoms with Crippen LogP contribution in [-0.4, -0.2) is 22.2 Å². The Kier molecular flexibility index (Phi) is 10.7. The Hall–Kier alpha value is -9.36. The summed E-state index contributed by atoms with van der Waals surface area (Å²) in [6.45, 7) is 6.73. The molecule has 0 radical (unpaired) electrons. The summed E-state index contributed by atoms with van der Waals surface area (Å²) in [7, 11) is -3.14. The van der Waals surface area contributed by atoms with E-state index in [4.69, 9.17) is 9.72 Å². The highest BCUT2D eigenvalue weighted by Gasteiger charge is 2.44. The summed E-state index contributed by atoms with van der Waals surface area (Å²) in [5.41, 5.74) is 14.5. The Morgan fingerprint density at radius 1 is 0.447 bits per heavy atom. The molecule has 14 rings (SSSR count). The molecule has 0 unspecified atom stereocenters. The van der Waals surface area contributed by atoms with Crippen LogP contribution in [0.5, 0.6) is 11.5 Å². The summed E-state index contributed by atoms with van der Waals surface area (Å²) < 4.78 is 13.8. The number of rotatable bonds is 8. The highest BCUT2D eigenvalue weighted by molar-refractivity contribution is 7.20. The van der Waals surface area contributed by atoms with E-state index < -0.39 is 8.07 Å². The van der Waals surface area contributed by atoms with Crippen molar-refractivity contribution in [1.82, 2.24) is 14.1 Å². The molecule has 0 saturated heterocycles. The van der Waals surface area contributed by atoms with Gasteiger partial charge in [0.1, 0.15) is 17.3 Å². The normalized spacial score (nSPS) is 12.1. The minimum Gasteiger partial charge on any atom is -0.458 e. The van der Waals surface area contributed by atoms with Gasteiger partial charge in [0.15, 0.2) is 8.07 Å². The third-order valence-electron chi connectivity index (χ3n) is 15.5. The van der Waals surface area contributed by atoms with E-state index in [9.17, 15) is 0 Å². The van der Waals surface area contributed by atoms with Gasteiger partial charge >= 0.3 is 0 Å². The number of benzene rings is 10. The molecule has 0 saturated carbocycles. The van der Waals surface area contributed by atoms with Crippen LogP contribution in [0.15, 0.2) is 261 Å². The number of nitrogens with zero attached hydrogens (tertiary/aromatic N) is 4. The highest BCUT2D eigenvalue weighted by Crippen LogP contribution is 2.43. The maximum atomic E-state index is 6.94. The predicted molar refractivity (Wildman–Crippen MR) is 314 cm³/mol. The van der Waals surface area contributed by atoms with Crippen LogP contribution in [0.2, 0.25) is 0 Å². The number of fused-ring (bicyclic) bond motifs is 10. The number of imidazole rings is 1. The quantitative estimate of drug-likeness (QED) is 0.0658. The molecule has 10 aromatic carbocycles. The summed E-state index contributed by atoms with van der Waals surface area (Å²) in [4.78, 5) is 4.93. The molecule has 0 spiro atoms. The average molecular weight is 993 g/mol. The molecule has 76 heavy (non-hydrogen) atoms. The molecule has 6 heteroatoms. The highest BCUT2D eigenvalue weighted by atomic mass is 28.3. The van der Waals surface area contributed by atoms with Gasteiger partial charge in [-0.3, -0.25) is 13.7 Å². The molecular weight excluding hydrogens is 941 g/mol. The zero-order valence-electron chi connectivity index (χ0n) is 42.5. The molecule has 1 aliphatic heterocycles. The fourth-order valence-corrected chi connectivity index (χ4v) is 17.0. The Balaban J connectivity index is 1.00. The van der Waals surface area contributed by atoms with Crippen molar-refractivity contribution in [3.63, 3.8) is 0 Å². The summed E-state index contributed by atoms with van der Waals surface area (Å²) in [6, 6.07) is 92.9. The lowest BCUT2D eigenvalue weighted by molar-refractivity contribution is -0.570. The van der Waals surface area contributed by atoms with E-state index in [2.05, 4.69) is 290 Å². The lowest BCUT2D eigenvalue weighted by atomic mass is 9.88. The number of pyridine rings is 1. The first kappa shape index (κ1) is 45.3. The third kappa shape index (κ3) is 7.20. The van der Waals surface area contributed by atoms with Crippen molar-refractivity contribution >= 4 is 61.7 Å². The zero-order valence-corrected chi connectivity index (χ0v) is 43.5. The lowest BCUT2D eigenvalue weighted by Crippen LogP contribution is -2.76. The van der Waals surface area contributed by atoms with Crippen LogP contribution >= 0.6 is 0 Å². The minimum atomic E-state index is -3.14. The van der Waals surface area contributed by atoms with Gasteiger partial charge in [0, 0.05) is 23.0 Å². The Morgan fingerprint density at radius 2 is 0.974 bits per heavy atom. The average Bonchev–Trinajstić information content (AvgIpc) is 4.10. The van der Waals surface area contributed by atoms with E-state index in [1.807, 2.05) is 12.3 Å². The van der Waals surface area contributed by atoms with E-state index in [-0.39, 0.29) is 5.41 Å². The van der Waals surface area contributed by atoms with Crippen molar-refractivity contribution in [1.29, 1.82) is 0 Å². The molecule has 0 N–H and O–H groups in total. The molecule has 0 aliphatic carbocycles. The fraction of sp³-hybridized carbons (Fsp3) is 0.0571. The molecule has 0 bridgehead atoms. The standard InChI is InChI=1S/C70H52N4OSi/c1-70(2,3)48-42-43-71-67(44-48)74-63-37-18-17-34-59(63)60-41-40-51(46-65(60)74)75-50-23-19-22-49(45-50)72-47-73-68-61(35-20-38-64(68)72)57-32-15-13-30-55(57)56-31-14-16-33-58(56)62-36-21-39-66(69(62)73)76(52-24-7-4-8-25-52,53-26-9-5-10-27-53)54-28-11-6-12-29-54/h4-46H,1-3H3. The van der Waals surface area contributed by atoms with Crippen LogP contribution < -0.4 is 30.1 Å². The molecule has 1 aliphatic rings. The van der Waals surface area contributed by atoms with E-state index in [1.54, 1.807) is 0 Å². The Labute approximate surface area is 443 Å². The molecular formula is C70H52N4OSi. The van der Waals surface area contributed by atoms with Crippen LogP contribution in [0.1, 0.15) is 26.3 Å². The smallest absolute Gasteiger partial charge is 0.269 e. The van der Waals surface area contributed by atoms with E-state index in [0.29, 0.717) is 0 Å². The van der Waals surface area contributed by atoms with E-state index in [1.165, 1.54) is 48.4 Å². The first-order chi connectivity index (χ1) is 37.3. The van der Waals surface area contributed by atoms with Crippen LogP contribution in [0.25, 0.3) is 83.4 Å². The number of hydrogen-bond acceptors (Lipinski definition) is 2. The number of aromatic nitrogens is 4. The SMILES string of the molecule is CC(C)(C)c1ccnc(-n2c3ccccc3c3ccc(Oc4cccc(-n5[c-][n+]6c7c(cccc75)-c5ccccc5-c5ccccc5-c5cccc([Si](c7ccccc7)(c7ccccc7)c7ccccc7)c5-6)c4)cc32)c1. The van der Waals surface area contributed by atoms with Crippen molar-refractivity contribution in [3.05, 3.63) is 273 Å². The maximum absolute atomic E-state index is 6.94. The minimum absolute atomic E-state index is 0.0328. The van der Waals surface area contributed by atoms with Gasteiger partial charge in [-0.25, -0.2) is 4.98 Å². The molecule has 3 aromatic heterocycles. The summed E-state index contributed by atoms with van der Waals surface area (Å²) in [5.74, 6) is 2.34. The number of hydrogen-bond donors (Lipinski definition) is 0. The van der Waals surface area contributed by atoms with Gasteiger partial charge in [-0.2, -0.15) is 0 Å². The second-order valence-corrected chi connectivity index (χ2v) is 24.6. The van der Waals surface area contributed by atoms with Gasteiger partial charge in [0.2, 0.25) is 0 Å². The lowest BCUT2D eigenvalue weighted by Gasteiger charge is -2.37. The van der Waals surface area contributed by atoms with Crippen molar-refractivity contribution in [3.8, 4) is 62.1 Å². The summed E-state index contributed by atoms with van der Waals surface area (Å²) in [5, 5.41) is 7.50. The van der Waals surface area contributed by atoms with Gasteiger partial charge < -0.3 is 4.74 Å². The van der Waals surface area contributed by atoms with Gasteiger partial charge in [-0.15, -0.1) is 0 Å². The Bertz CT molecular complexity index is 4260. The van der Waals surface area contributed by atoms with Gasteiger partial charge in [0.25, 0.3) is 6.33 Å². The number of ether oxygens (including phenoxy) is 1. The topological polar surface area (TPSA) is 35.9 Å². The molecule has 0 amide bonds. The van der Waals surface area contributed by atoms with Crippen molar-refractivity contribution < 1.29 is 9.30 Å². The molecule has 4 heterocycles.